The highest BCUT2D eigenvalue weighted by molar-refractivity contribution is 5.90. The molecule has 1 unspecified atom stereocenters. The van der Waals surface area contributed by atoms with Crippen molar-refractivity contribution in [2.75, 3.05) is 6.54 Å². The van der Waals surface area contributed by atoms with Gasteiger partial charge in [-0.05, 0) is 43.5 Å². The first-order valence-corrected chi connectivity index (χ1v) is 8.17. The zero-order valence-electron chi connectivity index (χ0n) is 13.6. The lowest BCUT2D eigenvalue weighted by Crippen LogP contribution is -2.14. The maximum absolute atomic E-state index is 6.44. The average molecular weight is 307 g/mol. The molecule has 1 aliphatic rings. The fourth-order valence-electron chi connectivity index (χ4n) is 3.38. The van der Waals surface area contributed by atoms with Gasteiger partial charge in [0.1, 0.15) is 23.4 Å². The van der Waals surface area contributed by atoms with E-state index < -0.39 is 0 Å². The van der Waals surface area contributed by atoms with Gasteiger partial charge >= 0.3 is 0 Å². The van der Waals surface area contributed by atoms with Crippen molar-refractivity contribution in [2.45, 2.75) is 32.9 Å². The van der Waals surface area contributed by atoms with Crippen LogP contribution in [0, 0.1) is 13.8 Å². The van der Waals surface area contributed by atoms with Crippen LogP contribution in [0.4, 0.5) is 0 Å². The zero-order valence-corrected chi connectivity index (χ0v) is 13.6. The molecule has 3 heteroatoms. The smallest absolute Gasteiger partial charge is 0.128 e. The molecule has 1 aromatic heterocycles. The fraction of sp³-hybridized carbons (Fsp3) is 0.300. The van der Waals surface area contributed by atoms with Crippen molar-refractivity contribution in [1.82, 2.24) is 5.32 Å². The lowest BCUT2D eigenvalue weighted by molar-refractivity contribution is 0.199. The van der Waals surface area contributed by atoms with Gasteiger partial charge in [0.2, 0.25) is 0 Å². The van der Waals surface area contributed by atoms with Crippen molar-refractivity contribution in [3.05, 3.63) is 65.1 Å². The molecule has 3 aromatic rings. The molecular formula is C20H21NO2. The number of nitrogens with one attached hydrogen (secondary N) is 1. The van der Waals surface area contributed by atoms with Crippen LogP contribution in [-0.2, 0) is 6.54 Å². The van der Waals surface area contributed by atoms with E-state index in [4.69, 9.17) is 9.15 Å². The third kappa shape index (κ3) is 2.62. The first-order chi connectivity index (χ1) is 11.2. The highest BCUT2D eigenvalue weighted by Gasteiger charge is 2.24. The second kappa shape index (κ2) is 5.74. The van der Waals surface area contributed by atoms with E-state index in [0.29, 0.717) is 0 Å². The first-order valence-electron chi connectivity index (χ1n) is 8.17. The van der Waals surface area contributed by atoms with Crippen LogP contribution >= 0.6 is 0 Å². The van der Waals surface area contributed by atoms with Crippen molar-refractivity contribution in [3.63, 3.8) is 0 Å². The number of rotatable bonds is 2. The van der Waals surface area contributed by atoms with Gasteiger partial charge in [-0.25, -0.2) is 0 Å². The normalized spacial score (nSPS) is 17.7. The molecule has 2 aromatic carbocycles. The molecule has 0 fully saturated rings. The predicted molar refractivity (Wildman–Crippen MR) is 91.8 cm³/mol. The third-order valence-electron chi connectivity index (χ3n) is 4.55. The third-order valence-corrected chi connectivity index (χ3v) is 4.55. The summed E-state index contributed by atoms with van der Waals surface area (Å²) in [5.41, 5.74) is 2.45. The van der Waals surface area contributed by atoms with Crippen LogP contribution in [-0.4, -0.2) is 6.54 Å². The summed E-state index contributed by atoms with van der Waals surface area (Å²) in [4.78, 5) is 0. The molecule has 0 saturated carbocycles. The Kier molecular flexibility index (Phi) is 3.58. The van der Waals surface area contributed by atoms with Gasteiger partial charge in [0.25, 0.3) is 0 Å². The van der Waals surface area contributed by atoms with E-state index in [1.165, 1.54) is 21.9 Å². The Hall–Kier alpha value is -2.26. The molecule has 0 radical (unpaired) electrons. The summed E-state index contributed by atoms with van der Waals surface area (Å²) in [5.74, 6) is 2.89. The van der Waals surface area contributed by atoms with Gasteiger partial charge in [-0.15, -0.1) is 0 Å². The molecule has 0 amide bonds. The maximum atomic E-state index is 6.44. The Morgan fingerprint density at radius 2 is 1.91 bits per heavy atom. The Morgan fingerprint density at radius 1 is 1.09 bits per heavy atom. The minimum absolute atomic E-state index is 0.0311. The molecule has 2 heterocycles. The molecule has 118 valence electrons. The Bertz CT molecular complexity index is 850. The summed E-state index contributed by atoms with van der Waals surface area (Å²) in [6.07, 6.45) is 0.970. The average Bonchev–Trinajstić information content (AvgIpc) is 2.84. The lowest BCUT2D eigenvalue weighted by Gasteiger charge is -2.19. The topological polar surface area (TPSA) is 34.4 Å². The number of hydrogen-bond acceptors (Lipinski definition) is 3. The van der Waals surface area contributed by atoms with E-state index in [0.717, 1.165) is 36.8 Å². The van der Waals surface area contributed by atoms with Crippen LogP contribution in [0.15, 0.2) is 46.9 Å². The SMILES string of the molecule is Cc1cc2c(o1)CNCCC2Oc1ccc(C)c2ccccc12. The van der Waals surface area contributed by atoms with E-state index in [1.54, 1.807) is 0 Å². The minimum atomic E-state index is 0.0311. The number of ether oxygens (including phenoxy) is 1. The summed E-state index contributed by atoms with van der Waals surface area (Å²) in [7, 11) is 0. The molecule has 4 rings (SSSR count). The van der Waals surface area contributed by atoms with Gasteiger partial charge in [-0.2, -0.15) is 0 Å². The molecule has 1 N–H and O–H groups in total. The fourth-order valence-corrected chi connectivity index (χ4v) is 3.38. The van der Waals surface area contributed by atoms with Crippen LogP contribution in [0.1, 0.15) is 35.2 Å². The highest BCUT2D eigenvalue weighted by Crippen LogP contribution is 2.35. The van der Waals surface area contributed by atoms with Gasteiger partial charge in [-0.3, -0.25) is 0 Å². The van der Waals surface area contributed by atoms with E-state index in [1.807, 2.05) is 6.92 Å². The van der Waals surface area contributed by atoms with Gasteiger partial charge in [0.05, 0.1) is 6.54 Å². The van der Waals surface area contributed by atoms with Crippen molar-refractivity contribution in [3.8, 4) is 5.75 Å². The van der Waals surface area contributed by atoms with E-state index in [-0.39, 0.29) is 6.10 Å². The Balaban J connectivity index is 1.75. The Labute approximate surface area is 136 Å². The largest absolute Gasteiger partial charge is 0.485 e. The van der Waals surface area contributed by atoms with Crippen LogP contribution < -0.4 is 10.1 Å². The van der Waals surface area contributed by atoms with Crippen molar-refractivity contribution in [2.24, 2.45) is 0 Å². The van der Waals surface area contributed by atoms with E-state index >= 15 is 0 Å². The summed E-state index contributed by atoms with van der Waals surface area (Å²) in [6, 6.07) is 14.8. The monoisotopic (exact) mass is 307 g/mol. The second-order valence-electron chi connectivity index (χ2n) is 6.23. The standard InChI is InChI=1S/C20H21NO2/c1-13-7-8-18(16-6-4-3-5-15(13)16)23-19-9-10-21-12-20-17(19)11-14(2)22-20/h3-8,11,19,21H,9-10,12H2,1-2H3. The summed E-state index contributed by atoms with van der Waals surface area (Å²) >= 11 is 0. The molecular weight excluding hydrogens is 286 g/mol. The highest BCUT2D eigenvalue weighted by atomic mass is 16.5. The summed E-state index contributed by atoms with van der Waals surface area (Å²) in [6.45, 7) is 5.83. The predicted octanol–water partition coefficient (Wildman–Crippen LogP) is 4.66. The molecule has 0 aliphatic carbocycles. The van der Waals surface area contributed by atoms with Crippen molar-refractivity contribution >= 4 is 10.8 Å². The quantitative estimate of drug-likeness (QED) is 0.747. The maximum Gasteiger partial charge on any atom is 0.128 e. The van der Waals surface area contributed by atoms with Gasteiger partial charge in [0, 0.05) is 17.4 Å². The first kappa shape index (κ1) is 14.3. The van der Waals surface area contributed by atoms with Gasteiger partial charge in [-0.1, -0.05) is 30.3 Å². The number of fused-ring (bicyclic) bond motifs is 2. The number of aryl methyl sites for hydroxylation is 2. The van der Waals surface area contributed by atoms with Crippen LogP contribution in [0.5, 0.6) is 5.75 Å². The van der Waals surface area contributed by atoms with Crippen LogP contribution in [0.25, 0.3) is 10.8 Å². The van der Waals surface area contributed by atoms with Crippen LogP contribution in [0.3, 0.4) is 0 Å². The number of hydrogen-bond donors (Lipinski definition) is 1. The van der Waals surface area contributed by atoms with Crippen molar-refractivity contribution < 1.29 is 9.15 Å². The Morgan fingerprint density at radius 3 is 2.78 bits per heavy atom. The van der Waals surface area contributed by atoms with Crippen molar-refractivity contribution in [1.29, 1.82) is 0 Å². The number of furan rings is 1. The van der Waals surface area contributed by atoms with E-state index in [2.05, 4.69) is 54.7 Å². The van der Waals surface area contributed by atoms with E-state index in [9.17, 15) is 0 Å². The number of benzene rings is 2. The van der Waals surface area contributed by atoms with Gasteiger partial charge < -0.3 is 14.5 Å². The molecule has 1 atom stereocenters. The molecule has 0 spiro atoms. The summed E-state index contributed by atoms with van der Waals surface area (Å²) < 4.78 is 12.3. The molecule has 0 bridgehead atoms. The molecule has 3 nitrogen and oxygen atoms in total. The minimum Gasteiger partial charge on any atom is -0.485 e. The lowest BCUT2D eigenvalue weighted by atomic mass is 10.0. The molecule has 23 heavy (non-hydrogen) atoms. The molecule has 0 saturated heterocycles. The zero-order chi connectivity index (χ0) is 15.8. The second-order valence-corrected chi connectivity index (χ2v) is 6.23. The molecule has 1 aliphatic heterocycles. The summed E-state index contributed by atoms with van der Waals surface area (Å²) in [5, 5.41) is 5.83. The van der Waals surface area contributed by atoms with Crippen LogP contribution in [0.2, 0.25) is 0 Å². The van der Waals surface area contributed by atoms with Gasteiger partial charge in [0.15, 0.2) is 0 Å².